The van der Waals surface area contributed by atoms with Gasteiger partial charge in [-0.15, -0.1) is 0 Å². The molecule has 156 valence electrons. The van der Waals surface area contributed by atoms with Gasteiger partial charge < -0.3 is 19.4 Å². The molecule has 0 bridgehead atoms. The van der Waals surface area contributed by atoms with Crippen LogP contribution >= 0.6 is 0 Å². The van der Waals surface area contributed by atoms with Gasteiger partial charge in [-0.05, 0) is 62.9 Å². The molecule has 0 aliphatic carbocycles. The number of carbonyl (C=O) groups is 2. The molecule has 3 rings (SSSR count). The minimum absolute atomic E-state index is 0.0448. The first-order valence-electron chi connectivity index (χ1n) is 9.92. The van der Waals surface area contributed by atoms with Gasteiger partial charge in [0.15, 0.2) is 0 Å². The summed E-state index contributed by atoms with van der Waals surface area (Å²) >= 11 is 0. The van der Waals surface area contributed by atoms with Crippen LogP contribution in [0, 0.1) is 19.7 Å². The summed E-state index contributed by atoms with van der Waals surface area (Å²) in [6, 6.07) is 5.69. The third kappa shape index (κ3) is 4.85. The number of rotatable bonds is 7. The van der Waals surface area contributed by atoms with Crippen LogP contribution < -0.4 is 0 Å². The number of H-pyrrole nitrogens is 1. The lowest BCUT2D eigenvalue weighted by atomic mass is 10.1. The number of nitrogens with one attached hydrogen (secondary N) is 1. The van der Waals surface area contributed by atoms with Crippen molar-refractivity contribution < 1.29 is 23.5 Å². The van der Waals surface area contributed by atoms with E-state index in [1.165, 1.54) is 18.2 Å². The first-order valence-corrected chi connectivity index (χ1v) is 9.92. The van der Waals surface area contributed by atoms with Crippen molar-refractivity contribution >= 4 is 11.9 Å². The van der Waals surface area contributed by atoms with Gasteiger partial charge in [0, 0.05) is 31.0 Å². The first kappa shape index (κ1) is 21.0. The maximum atomic E-state index is 13.7. The van der Waals surface area contributed by atoms with E-state index in [1.807, 2.05) is 13.8 Å². The van der Waals surface area contributed by atoms with Gasteiger partial charge >= 0.3 is 5.97 Å². The van der Waals surface area contributed by atoms with Crippen LogP contribution in [0.15, 0.2) is 24.3 Å². The van der Waals surface area contributed by atoms with E-state index in [-0.39, 0.29) is 18.6 Å². The Morgan fingerprint density at radius 2 is 2.14 bits per heavy atom. The fourth-order valence-corrected chi connectivity index (χ4v) is 3.68. The largest absolute Gasteiger partial charge is 0.461 e. The molecule has 1 N–H and O–H groups in total. The minimum atomic E-state index is -0.452. The molecule has 1 aliphatic rings. The average Bonchev–Trinajstić information content (AvgIpc) is 3.30. The molecule has 29 heavy (non-hydrogen) atoms. The van der Waals surface area contributed by atoms with E-state index in [1.54, 1.807) is 17.9 Å². The Morgan fingerprint density at radius 1 is 1.34 bits per heavy atom. The second kappa shape index (κ2) is 9.22. The highest BCUT2D eigenvalue weighted by Gasteiger charge is 2.27. The van der Waals surface area contributed by atoms with Gasteiger partial charge in [-0.3, -0.25) is 4.79 Å². The second-order valence-electron chi connectivity index (χ2n) is 7.28. The zero-order valence-corrected chi connectivity index (χ0v) is 17.1. The monoisotopic (exact) mass is 402 g/mol. The molecule has 1 aromatic heterocycles. The first-order chi connectivity index (χ1) is 13.9. The number of benzene rings is 1. The van der Waals surface area contributed by atoms with Gasteiger partial charge in [-0.25, -0.2) is 9.18 Å². The Labute approximate surface area is 170 Å². The number of aromatic nitrogens is 1. The summed E-state index contributed by atoms with van der Waals surface area (Å²) in [5.74, 6) is -1.13. The summed E-state index contributed by atoms with van der Waals surface area (Å²) in [5, 5.41) is 0. The van der Waals surface area contributed by atoms with Crippen molar-refractivity contribution in [1.82, 2.24) is 9.88 Å². The molecular weight excluding hydrogens is 375 g/mol. The van der Waals surface area contributed by atoms with Crippen molar-refractivity contribution in [3.05, 3.63) is 58.2 Å². The molecule has 0 saturated carbocycles. The molecule has 7 heteroatoms. The predicted molar refractivity (Wildman–Crippen MR) is 106 cm³/mol. The summed E-state index contributed by atoms with van der Waals surface area (Å²) in [6.07, 6.45) is 1.80. The number of hydrogen-bond acceptors (Lipinski definition) is 4. The molecule has 1 saturated heterocycles. The minimum Gasteiger partial charge on any atom is -0.461 e. The van der Waals surface area contributed by atoms with E-state index < -0.39 is 11.8 Å². The van der Waals surface area contributed by atoms with Gasteiger partial charge in [0.2, 0.25) is 0 Å². The van der Waals surface area contributed by atoms with Crippen LogP contribution in [-0.4, -0.2) is 47.6 Å². The third-order valence-corrected chi connectivity index (χ3v) is 5.23. The molecule has 6 nitrogen and oxygen atoms in total. The number of aryl methyl sites for hydroxylation is 1. The van der Waals surface area contributed by atoms with Crippen molar-refractivity contribution in [3.8, 4) is 0 Å². The van der Waals surface area contributed by atoms with Gasteiger partial charge in [0.1, 0.15) is 11.5 Å². The SMILES string of the molecule is CCOC(=O)c1[nH]c(C)c(CN(CC2CCCO2)C(=O)c2cccc(F)c2)c1C. The van der Waals surface area contributed by atoms with Crippen molar-refractivity contribution in [1.29, 1.82) is 0 Å². The van der Waals surface area contributed by atoms with Gasteiger partial charge in [0.05, 0.1) is 12.7 Å². The van der Waals surface area contributed by atoms with Gasteiger partial charge in [0.25, 0.3) is 5.91 Å². The molecule has 2 aromatic rings. The zero-order chi connectivity index (χ0) is 21.0. The molecule has 1 aliphatic heterocycles. The highest BCUT2D eigenvalue weighted by atomic mass is 19.1. The third-order valence-electron chi connectivity index (χ3n) is 5.23. The smallest absolute Gasteiger partial charge is 0.355 e. The number of aromatic amines is 1. The molecule has 1 amide bonds. The van der Waals surface area contributed by atoms with E-state index in [9.17, 15) is 14.0 Å². The van der Waals surface area contributed by atoms with E-state index in [0.717, 1.165) is 29.7 Å². The van der Waals surface area contributed by atoms with Crippen molar-refractivity contribution in [2.24, 2.45) is 0 Å². The molecule has 0 spiro atoms. The number of amides is 1. The van der Waals surface area contributed by atoms with Crippen LogP contribution in [0.2, 0.25) is 0 Å². The maximum Gasteiger partial charge on any atom is 0.355 e. The molecule has 1 unspecified atom stereocenters. The molecule has 1 fully saturated rings. The average molecular weight is 402 g/mol. The topological polar surface area (TPSA) is 71.6 Å². The van der Waals surface area contributed by atoms with Crippen molar-refractivity contribution in [2.45, 2.75) is 46.3 Å². The quantitative estimate of drug-likeness (QED) is 0.716. The Kier molecular flexibility index (Phi) is 6.69. The Morgan fingerprint density at radius 3 is 2.79 bits per heavy atom. The number of halogens is 1. The van der Waals surface area contributed by atoms with Crippen LogP contribution in [0.3, 0.4) is 0 Å². The lowest BCUT2D eigenvalue weighted by Crippen LogP contribution is -2.37. The lowest BCUT2D eigenvalue weighted by Gasteiger charge is -2.26. The van der Waals surface area contributed by atoms with Crippen LogP contribution in [0.5, 0.6) is 0 Å². The van der Waals surface area contributed by atoms with E-state index in [0.29, 0.717) is 31.0 Å². The molecule has 2 heterocycles. The second-order valence-corrected chi connectivity index (χ2v) is 7.28. The Balaban J connectivity index is 1.89. The van der Waals surface area contributed by atoms with Crippen molar-refractivity contribution in [2.75, 3.05) is 19.8 Å². The molecule has 1 atom stereocenters. The number of ether oxygens (including phenoxy) is 2. The van der Waals surface area contributed by atoms with E-state index >= 15 is 0 Å². The van der Waals surface area contributed by atoms with E-state index in [2.05, 4.69) is 4.98 Å². The lowest BCUT2D eigenvalue weighted by molar-refractivity contribution is 0.0506. The highest BCUT2D eigenvalue weighted by Crippen LogP contribution is 2.23. The Bertz CT molecular complexity index is 887. The van der Waals surface area contributed by atoms with E-state index in [4.69, 9.17) is 9.47 Å². The summed E-state index contributed by atoms with van der Waals surface area (Å²) in [6.45, 7) is 7.13. The van der Waals surface area contributed by atoms with Gasteiger partial charge in [-0.1, -0.05) is 6.07 Å². The van der Waals surface area contributed by atoms with Crippen LogP contribution in [-0.2, 0) is 16.0 Å². The fourth-order valence-electron chi connectivity index (χ4n) is 3.68. The number of hydrogen-bond donors (Lipinski definition) is 1. The van der Waals surface area contributed by atoms with Crippen LogP contribution in [0.1, 0.15) is 57.4 Å². The summed E-state index contributed by atoms with van der Waals surface area (Å²) < 4.78 is 24.5. The number of carbonyl (C=O) groups excluding carboxylic acids is 2. The fraction of sp³-hybridized carbons (Fsp3) is 0.455. The summed E-state index contributed by atoms with van der Waals surface area (Å²) in [5.41, 5.74) is 3.10. The number of esters is 1. The molecule has 1 aromatic carbocycles. The summed E-state index contributed by atoms with van der Waals surface area (Å²) in [4.78, 5) is 30.1. The summed E-state index contributed by atoms with van der Waals surface area (Å²) in [7, 11) is 0. The standard InChI is InChI=1S/C22H27FN2O4/c1-4-28-22(27)20-14(2)19(15(3)24-20)13-25(12-18-9-6-10-29-18)21(26)16-7-5-8-17(23)11-16/h5,7-8,11,18,24H,4,6,9-10,12-13H2,1-3H3. The predicted octanol–water partition coefficient (Wildman–Crippen LogP) is 3.77. The number of nitrogens with zero attached hydrogens (tertiary/aromatic N) is 1. The van der Waals surface area contributed by atoms with Crippen LogP contribution in [0.25, 0.3) is 0 Å². The molecule has 0 radical (unpaired) electrons. The van der Waals surface area contributed by atoms with Gasteiger partial charge in [-0.2, -0.15) is 0 Å². The molecular formula is C22H27FN2O4. The van der Waals surface area contributed by atoms with Crippen LogP contribution in [0.4, 0.5) is 4.39 Å². The Hall–Kier alpha value is -2.67. The zero-order valence-electron chi connectivity index (χ0n) is 17.1. The maximum absolute atomic E-state index is 13.7. The van der Waals surface area contributed by atoms with Crippen molar-refractivity contribution in [3.63, 3.8) is 0 Å². The highest BCUT2D eigenvalue weighted by molar-refractivity contribution is 5.94. The normalized spacial score (nSPS) is 16.1.